The number of amides is 1. The van der Waals surface area contributed by atoms with Gasteiger partial charge in [0.05, 0.1) is 48.0 Å². The average Bonchev–Trinajstić information content (AvgIpc) is 3.74. The van der Waals surface area contributed by atoms with Crippen LogP contribution < -0.4 is 20.1 Å². The Labute approximate surface area is 301 Å². The molecule has 11 nitrogen and oxygen atoms in total. The number of ether oxygens (including phenoxy) is 2. The maximum absolute atomic E-state index is 11.5. The Morgan fingerprint density at radius 2 is 1.54 bits per heavy atom. The van der Waals surface area contributed by atoms with Crippen LogP contribution in [0.4, 0.5) is 0 Å². The minimum Gasteiger partial charge on any atom is -0.480 e. The van der Waals surface area contributed by atoms with Crippen molar-refractivity contribution in [3.63, 3.8) is 0 Å². The van der Waals surface area contributed by atoms with Gasteiger partial charge in [-0.05, 0) is 43.6 Å². The standard InChI is InChI=1S/C37H41Cl2N7O4/c1-49-35-30(16-40-15-23-9-10-32(48)43-23)41-17-28(44-35)26-7-3-5-24(33(26)38)25-6-4-8-27(34(25)39)29-18-42-31(36(45-29)50-2)19-46-12-11-37(21-46)13-22(14-37)20-47/h3-8,17-18,22-23,40,47H,9-16,19-21H2,1-2H3,(H,43,48)/t22?,23-,37?/m0/s1. The minimum atomic E-state index is 0.0855. The molecule has 1 amide bonds. The summed E-state index contributed by atoms with van der Waals surface area (Å²) in [5, 5.41) is 16.7. The Morgan fingerprint density at radius 3 is 2.12 bits per heavy atom. The quantitative estimate of drug-likeness (QED) is 0.171. The molecule has 7 rings (SSSR count). The van der Waals surface area contributed by atoms with E-state index in [9.17, 15) is 9.90 Å². The molecular weight excluding hydrogens is 677 g/mol. The lowest BCUT2D eigenvalue weighted by molar-refractivity contribution is -0.119. The fraction of sp³-hybridized carbons (Fsp3) is 0.432. The van der Waals surface area contributed by atoms with Crippen molar-refractivity contribution in [3.05, 3.63) is 70.2 Å². The summed E-state index contributed by atoms with van der Waals surface area (Å²) in [6, 6.07) is 11.6. The van der Waals surface area contributed by atoms with Gasteiger partial charge < -0.3 is 25.2 Å². The van der Waals surface area contributed by atoms with E-state index in [1.54, 1.807) is 26.6 Å². The Bertz CT molecular complexity index is 1890. The van der Waals surface area contributed by atoms with Crippen LogP contribution in [0.3, 0.4) is 0 Å². The number of nitrogens with one attached hydrogen (secondary N) is 2. The first-order valence-corrected chi connectivity index (χ1v) is 17.8. The zero-order valence-electron chi connectivity index (χ0n) is 28.2. The summed E-state index contributed by atoms with van der Waals surface area (Å²) < 4.78 is 11.3. The van der Waals surface area contributed by atoms with Gasteiger partial charge in [-0.25, -0.2) is 9.97 Å². The SMILES string of the molecule is COc1nc(-c2cccc(-c3cccc(-c4cnc(CN5CCC6(CC(CO)C6)C5)c(OC)n4)c3Cl)c2Cl)cnc1CNC[C@@H]1CCC(=O)N1. The summed E-state index contributed by atoms with van der Waals surface area (Å²) >= 11 is 14.2. The summed E-state index contributed by atoms with van der Waals surface area (Å²) in [6.45, 7) is 4.03. The fourth-order valence-electron chi connectivity index (χ4n) is 7.68. The highest BCUT2D eigenvalue weighted by molar-refractivity contribution is 6.39. The summed E-state index contributed by atoms with van der Waals surface area (Å²) in [5.41, 5.74) is 5.81. The van der Waals surface area contributed by atoms with Crippen molar-refractivity contribution < 1.29 is 19.4 Å². The van der Waals surface area contributed by atoms with Crippen LogP contribution in [0, 0.1) is 11.3 Å². The van der Waals surface area contributed by atoms with E-state index in [0.29, 0.717) is 87.4 Å². The number of methoxy groups -OCH3 is 2. The maximum Gasteiger partial charge on any atom is 0.237 e. The third-order valence-corrected chi connectivity index (χ3v) is 11.0. The number of carbonyl (C=O) groups is 1. The van der Waals surface area contributed by atoms with Crippen molar-refractivity contribution in [1.82, 2.24) is 35.5 Å². The number of hydrogen-bond acceptors (Lipinski definition) is 10. The highest BCUT2D eigenvalue weighted by Gasteiger charge is 2.48. The van der Waals surface area contributed by atoms with Gasteiger partial charge in [-0.3, -0.25) is 19.7 Å². The average molecular weight is 719 g/mol. The van der Waals surface area contributed by atoms with Crippen LogP contribution in [0.15, 0.2) is 48.8 Å². The number of aliphatic hydroxyl groups excluding tert-OH is 1. The molecule has 0 unspecified atom stereocenters. The maximum atomic E-state index is 11.5. The lowest BCUT2D eigenvalue weighted by Crippen LogP contribution is -2.41. The molecule has 1 aliphatic carbocycles. The molecule has 2 aliphatic heterocycles. The van der Waals surface area contributed by atoms with E-state index in [-0.39, 0.29) is 18.6 Å². The van der Waals surface area contributed by atoms with Crippen LogP contribution in [-0.2, 0) is 17.9 Å². The van der Waals surface area contributed by atoms with Crippen LogP contribution in [0.5, 0.6) is 11.8 Å². The van der Waals surface area contributed by atoms with Crippen molar-refractivity contribution in [1.29, 1.82) is 0 Å². The molecule has 13 heteroatoms. The van der Waals surface area contributed by atoms with Crippen molar-refractivity contribution >= 4 is 29.1 Å². The molecule has 262 valence electrons. The first-order chi connectivity index (χ1) is 24.3. The second-order valence-corrected chi connectivity index (χ2v) is 14.4. The minimum absolute atomic E-state index is 0.0855. The first kappa shape index (κ1) is 34.6. The third kappa shape index (κ3) is 7.02. The number of aliphatic hydroxyl groups is 1. The molecule has 50 heavy (non-hydrogen) atoms. The van der Waals surface area contributed by atoms with E-state index in [1.165, 1.54) is 0 Å². The van der Waals surface area contributed by atoms with E-state index >= 15 is 0 Å². The summed E-state index contributed by atoms with van der Waals surface area (Å²) in [6.07, 6.45) is 8.15. The van der Waals surface area contributed by atoms with Gasteiger partial charge in [0, 0.05) is 67.5 Å². The van der Waals surface area contributed by atoms with Gasteiger partial charge in [-0.1, -0.05) is 59.6 Å². The zero-order valence-corrected chi connectivity index (χ0v) is 29.7. The Morgan fingerprint density at radius 1 is 0.940 bits per heavy atom. The number of likely N-dealkylation sites (tertiary alicyclic amines) is 1. The highest BCUT2D eigenvalue weighted by Crippen LogP contribution is 2.52. The van der Waals surface area contributed by atoms with Crippen molar-refractivity contribution in [2.45, 2.75) is 51.2 Å². The van der Waals surface area contributed by atoms with Crippen LogP contribution in [0.1, 0.15) is 43.5 Å². The molecular formula is C37H41Cl2N7O4. The number of benzene rings is 2. The van der Waals surface area contributed by atoms with Gasteiger partial charge in [0.2, 0.25) is 17.7 Å². The van der Waals surface area contributed by atoms with Crippen LogP contribution in [-0.4, -0.2) is 82.4 Å². The van der Waals surface area contributed by atoms with Gasteiger partial charge in [-0.15, -0.1) is 0 Å². The molecule has 2 aromatic heterocycles. The monoisotopic (exact) mass is 717 g/mol. The van der Waals surface area contributed by atoms with Crippen LogP contribution >= 0.6 is 23.2 Å². The van der Waals surface area contributed by atoms with Crippen molar-refractivity contribution in [3.8, 4) is 45.4 Å². The summed E-state index contributed by atoms with van der Waals surface area (Å²) in [7, 11) is 3.18. The Balaban J connectivity index is 1.09. The zero-order chi connectivity index (χ0) is 34.8. The van der Waals surface area contributed by atoms with Gasteiger partial charge >= 0.3 is 0 Å². The lowest BCUT2D eigenvalue weighted by atomic mass is 9.62. The lowest BCUT2D eigenvalue weighted by Gasteiger charge is -2.44. The molecule has 4 heterocycles. The predicted molar refractivity (Wildman–Crippen MR) is 192 cm³/mol. The molecule has 3 fully saturated rings. The topological polar surface area (TPSA) is 135 Å². The summed E-state index contributed by atoms with van der Waals surface area (Å²) in [4.78, 5) is 32.9. The molecule has 1 spiro atoms. The van der Waals surface area contributed by atoms with Gasteiger partial charge in [-0.2, -0.15) is 0 Å². The molecule has 1 saturated carbocycles. The van der Waals surface area contributed by atoms with E-state index < -0.39 is 0 Å². The predicted octanol–water partition coefficient (Wildman–Crippen LogP) is 5.55. The van der Waals surface area contributed by atoms with E-state index in [1.807, 2.05) is 36.4 Å². The molecule has 3 N–H and O–H groups in total. The fourth-order valence-corrected chi connectivity index (χ4v) is 8.33. The first-order valence-electron chi connectivity index (χ1n) is 17.0. The number of halogens is 2. The molecule has 0 bridgehead atoms. The second-order valence-electron chi connectivity index (χ2n) is 13.6. The van der Waals surface area contributed by atoms with E-state index in [2.05, 4.69) is 20.5 Å². The smallest absolute Gasteiger partial charge is 0.237 e. The summed E-state index contributed by atoms with van der Waals surface area (Å²) in [5.74, 6) is 1.40. The molecule has 2 saturated heterocycles. The molecule has 3 aliphatic rings. The molecule has 1 atom stereocenters. The van der Waals surface area contributed by atoms with Gasteiger partial charge in [0.1, 0.15) is 11.4 Å². The number of carbonyl (C=O) groups excluding carboxylic acids is 1. The molecule has 4 aromatic rings. The highest BCUT2D eigenvalue weighted by atomic mass is 35.5. The van der Waals surface area contributed by atoms with Crippen LogP contribution in [0.2, 0.25) is 10.0 Å². The van der Waals surface area contributed by atoms with Gasteiger partial charge in [0.25, 0.3) is 0 Å². The van der Waals surface area contributed by atoms with E-state index in [0.717, 1.165) is 55.6 Å². The largest absolute Gasteiger partial charge is 0.480 e. The number of aromatic nitrogens is 4. The molecule has 2 aromatic carbocycles. The second kappa shape index (κ2) is 14.8. The number of rotatable bonds is 12. The third-order valence-electron chi connectivity index (χ3n) is 10.2. The van der Waals surface area contributed by atoms with Gasteiger partial charge in [0.15, 0.2) is 0 Å². The van der Waals surface area contributed by atoms with E-state index in [4.69, 9.17) is 47.6 Å². The van der Waals surface area contributed by atoms with Crippen LogP contribution in [0.25, 0.3) is 33.6 Å². The van der Waals surface area contributed by atoms with Crippen molar-refractivity contribution in [2.75, 3.05) is 40.5 Å². The number of hydrogen-bond donors (Lipinski definition) is 3. The normalized spacial score (nSPS) is 21.7. The molecule has 0 radical (unpaired) electrons. The van der Waals surface area contributed by atoms with Crippen molar-refractivity contribution in [2.24, 2.45) is 11.3 Å². The number of nitrogens with zero attached hydrogens (tertiary/aromatic N) is 5. The Hall–Kier alpha value is -3.87. The Kier molecular flexibility index (Phi) is 10.2.